The topological polar surface area (TPSA) is 35.5 Å². The molecule has 0 aliphatic carbocycles. The highest BCUT2D eigenvalue weighted by atomic mass is 16.5. The molecule has 3 nitrogen and oxygen atoms in total. The number of ether oxygens (including phenoxy) is 2. The van der Waals surface area contributed by atoms with Gasteiger partial charge in [-0.2, -0.15) is 0 Å². The minimum Gasteiger partial charge on any atom is -0.468 e. The summed E-state index contributed by atoms with van der Waals surface area (Å²) in [5, 5.41) is 0. The first kappa shape index (κ1) is 13.7. The molecule has 0 atom stereocenters. The molecule has 0 radical (unpaired) electrons. The smallest absolute Gasteiger partial charge is 0.317 e. The van der Waals surface area contributed by atoms with Gasteiger partial charge in [-0.05, 0) is 36.4 Å². The van der Waals surface area contributed by atoms with E-state index in [1.807, 2.05) is 54.6 Å². The van der Waals surface area contributed by atoms with Gasteiger partial charge < -0.3 is 9.47 Å². The summed E-state index contributed by atoms with van der Waals surface area (Å²) in [6.45, 7) is 0. The summed E-state index contributed by atoms with van der Waals surface area (Å²) in [6.07, 6.45) is 0.0960. The van der Waals surface area contributed by atoms with Crippen LogP contribution in [0.15, 0.2) is 54.6 Å². The van der Waals surface area contributed by atoms with Crippen LogP contribution in [0.4, 0.5) is 0 Å². The highest BCUT2D eigenvalue weighted by Crippen LogP contribution is 2.20. The summed E-state index contributed by atoms with van der Waals surface area (Å²) in [7, 11) is 1.35. The van der Waals surface area contributed by atoms with E-state index in [4.69, 9.17) is 4.74 Å². The lowest BCUT2D eigenvalue weighted by molar-refractivity contribution is -0.139. The van der Waals surface area contributed by atoms with E-state index < -0.39 is 0 Å². The van der Waals surface area contributed by atoms with Crippen LogP contribution in [0, 0.1) is 11.8 Å². The minimum absolute atomic E-state index is 0.0960. The summed E-state index contributed by atoms with van der Waals surface area (Å²) in [5.74, 6) is 6.85. The number of benzene rings is 2. The molecule has 0 aliphatic heterocycles. The molecule has 2 aromatic rings. The van der Waals surface area contributed by atoms with Crippen molar-refractivity contribution in [1.82, 2.24) is 0 Å². The van der Waals surface area contributed by atoms with Crippen molar-refractivity contribution in [2.75, 3.05) is 7.11 Å². The third-order valence-electron chi connectivity index (χ3n) is 2.53. The Hall–Kier alpha value is -2.73. The van der Waals surface area contributed by atoms with E-state index in [2.05, 4.69) is 16.6 Å². The molecule has 0 saturated carbocycles. The van der Waals surface area contributed by atoms with E-state index >= 15 is 0 Å². The van der Waals surface area contributed by atoms with E-state index in [1.165, 1.54) is 7.11 Å². The van der Waals surface area contributed by atoms with Gasteiger partial charge in [-0.1, -0.05) is 30.0 Å². The fourth-order valence-corrected chi connectivity index (χ4v) is 1.52. The van der Waals surface area contributed by atoms with E-state index in [0.29, 0.717) is 0 Å². The molecule has 0 heterocycles. The van der Waals surface area contributed by atoms with Crippen molar-refractivity contribution in [3.63, 3.8) is 0 Å². The SMILES string of the molecule is COC(=O)CC#Cc1ccc(Oc2ccccc2)cc1. The van der Waals surface area contributed by atoms with Crippen molar-refractivity contribution in [1.29, 1.82) is 0 Å². The molecule has 2 aromatic carbocycles. The average molecular weight is 266 g/mol. The number of esters is 1. The van der Waals surface area contributed by atoms with Gasteiger partial charge in [0.05, 0.1) is 7.11 Å². The standard InChI is InChI=1S/C17H14O3/c1-19-17(18)9-5-6-14-10-12-16(13-11-14)20-15-7-3-2-4-8-15/h2-4,7-8,10-13H,9H2,1H3. The molecular weight excluding hydrogens is 252 g/mol. The van der Waals surface area contributed by atoms with Crippen LogP contribution in [0.1, 0.15) is 12.0 Å². The molecule has 100 valence electrons. The van der Waals surface area contributed by atoms with Gasteiger partial charge >= 0.3 is 5.97 Å². The van der Waals surface area contributed by atoms with Crippen LogP contribution in [0.3, 0.4) is 0 Å². The van der Waals surface area contributed by atoms with Crippen LogP contribution < -0.4 is 4.74 Å². The first-order chi connectivity index (χ1) is 9.78. The number of carbonyl (C=O) groups excluding carboxylic acids is 1. The molecule has 0 saturated heterocycles. The van der Waals surface area contributed by atoms with Gasteiger partial charge in [-0.3, -0.25) is 4.79 Å². The normalized spacial score (nSPS) is 9.25. The van der Waals surface area contributed by atoms with Gasteiger partial charge in [-0.15, -0.1) is 0 Å². The maximum Gasteiger partial charge on any atom is 0.317 e. The monoisotopic (exact) mass is 266 g/mol. The predicted octanol–water partition coefficient (Wildman–Crippen LogP) is 3.39. The number of methoxy groups -OCH3 is 1. The van der Waals surface area contributed by atoms with Gasteiger partial charge in [0, 0.05) is 5.56 Å². The highest BCUT2D eigenvalue weighted by molar-refractivity contribution is 5.72. The number of hydrogen-bond acceptors (Lipinski definition) is 3. The van der Waals surface area contributed by atoms with Crippen molar-refractivity contribution < 1.29 is 14.3 Å². The first-order valence-corrected chi connectivity index (χ1v) is 6.16. The molecule has 3 heteroatoms. The number of carbonyl (C=O) groups is 1. The third kappa shape index (κ3) is 4.18. The average Bonchev–Trinajstić information content (AvgIpc) is 2.50. The van der Waals surface area contributed by atoms with Crippen molar-refractivity contribution in [3.05, 3.63) is 60.2 Å². The summed E-state index contributed by atoms with van der Waals surface area (Å²) in [5.41, 5.74) is 0.828. The van der Waals surface area contributed by atoms with Crippen LogP contribution in [0.2, 0.25) is 0 Å². The quantitative estimate of drug-likeness (QED) is 0.631. The third-order valence-corrected chi connectivity index (χ3v) is 2.53. The Morgan fingerprint density at radius 2 is 1.65 bits per heavy atom. The Morgan fingerprint density at radius 1 is 1.00 bits per heavy atom. The van der Waals surface area contributed by atoms with Crippen LogP contribution >= 0.6 is 0 Å². The van der Waals surface area contributed by atoms with Crippen LogP contribution in [0.25, 0.3) is 0 Å². The van der Waals surface area contributed by atoms with E-state index in [0.717, 1.165) is 17.1 Å². The number of hydrogen-bond donors (Lipinski definition) is 0. The maximum atomic E-state index is 10.9. The van der Waals surface area contributed by atoms with E-state index in [9.17, 15) is 4.79 Å². The van der Waals surface area contributed by atoms with Crippen molar-refractivity contribution in [2.45, 2.75) is 6.42 Å². The molecule has 0 bridgehead atoms. The second-order valence-electron chi connectivity index (χ2n) is 3.99. The Labute approximate surface area is 118 Å². The Morgan fingerprint density at radius 3 is 2.30 bits per heavy atom. The van der Waals surface area contributed by atoms with E-state index in [-0.39, 0.29) is 12.4 Å². The fourth-order valence-electron chi connectivity index (χ4n) is 1.52. The number of para-hydroxylation sites is 1. The second-order valence-corrected chi connectivity index (χ2v) is 3.99. The summed E-state index contributed by atoms with van der Waals surface area (Å²) < 4.78 is 10.2. The van der Waals surface area contributed by atoms with Gasteiger partial charge in [0.25, 0.3) is 0 Å². The van der Waals surface area contributed by atoms with Gasteiger partial charge in [0.2, 0.25) is 0 Å². The zero-order valence-corrected chi connectivity index (χ0v) is 11.1. The molecule has 0 amide bonds. The van der Waals surface area contributed by atoms with Crippen molar-refractivity contribution in [2.24, 2.45) is 0 Å². The van der Waals surface area contributed by atoms with Crippen molar-refractivity contribution >= 4 is 5.97 Å². The number of rotatable bonds is 3. The molecule has 0 fully saturated rings. The molecule has 20 heavy (non-hydrogen) atoms. The molecule has 0 aromatic heterocycles. The summed E-state index contributed by atoms with van der Waals surface area (Å²) in [6, 6.07) is 16.9. The maximum absolute atomic E-state index is 10.9. The zero-order valence-electron chi connectivity index (χ0n) is 11.1. The summed E-state index contributed by atoms with van der Waals surface area (Å²) >= 11 is 0. The molecule has 2 rings (SSSR count). The van der Waals surface area contributed by atoms with Crippen LogP contribution in [0.5, 0.6) is 11.5 Å². The Balaban J connectivity index is 1.98. The molecule has 0 spiro atoms. The van der Waals surface area contributed by atoms with Gasteiger partial charge in [0.1, 0.15) is 17.9 Å². The first-order valence-electron chi connectivity index (χ1n) is 6.16. The van der Waals surface area contributed by atoms with Gasteiger partial charge in [-0.25, -0.2) is 0 Å². The fraction of sp³-hybridized carbons (Fsp3) is 0.118. The molecule has 0 N–H and O–H groups in total. The van der Waals surface area contributed by atoms with Crippen LogP contribution in [-0.2, 0) is 9.53 Å². The molecule has 0 aliphatic rings. The summed E-state index contributed by atoms with van der Waals surface area (Å²) in [4.78, 5) is 10.9. The lowest BCUT2D eigenvalue weighted by Crippen LogP contribution is -1.96. The molecule has 0 unspecified atom stereocenters. The second kappa shape index (κ2) is 7.01. The zero-order chi connectivity index (χ0) is 14.2. The lowest BCUT2D eigenvalue weighted by Gasteiger charge is -2.04. The Kier molecular flexibility index (Phi) is 4.80. The van der Waals surface area contributed by atoms with E-state index in [1.54, 1.807) is 0 Å². The highest BCUT2D eigenvalue weighted by Gasteiger charge is 1.97. The van der Waals surface area contributed by atoms with Crippen molar-refractivity contribution in [3.8, 4) is 23.3 Å². The molecular formula is C17H14O3. The Bertz CT molecular complexity index is 619. The largest absolute Gasteiger partial charge is 0.468 e. The van der Waals surface area contributed by atoms with Gasteiger partial charge in [0.15, 0.2) is 0 Å². The van der Waals surface area contributed by atoms with Crippen LogP contribution in [-0.4, -0.2) is 13.1 Å². The minimum atomic E-state index is -0.332. The predicted molar refractivity (Wildman–Crippen MR) is 76.5 cm³/mol. The lowest BCUT2D eigenvalue weighted by atomic mass is 10.2.